The summed E-state index contributed by atoms with van der Waals surface area (Å²) < 4.78 is 52.7. The van der Waals surface area contributed by atoms with Crippen LogP contribution in [0.15, 0.2) is 34.1 Å². The van der Waals surface area contributed by atoms with Crippen LogP contribution in [-0.4, -0.2) is 65.1 Å². The number of rotatable bonds is 8. The number of benzene rings is 1. The zero-order valence-corrected chi connectivity index (χ0v) is 19.1. The number of amides is 1. The third kappa shape index (κ3) is 5.78. The number of nitrogens with zero attached hydrogens (tertiary/aromatic N) is 2. The zero-order chi connectivity index (χ0) is 21.8. The molecule has 10 heteroatoms. The first kappa shape index (κ1) is 23.8. The van der Waals surface area contributed by atoms with Gasteiger partial charge in [0.2, 0.25) is 26.0 Å². The Bertz CT molecular complexity index is 910. The lowest BCUT2D eigenvalue weighted by Gasteiger charge is -2.31. The van der Waals surface area contributed by atoms with E-state index in [1.165, 1.54) is 42.7 Å². The molecular formula is C19H31N3O5S2. The second kappa shape index (κ2) is 9.55. The molecule has 0 saturated carbocycles. The SMILES string of the molecule is CC(C)CCNC(=O)[C@H]1CCCN(S(=O)(=O)c2ccc(S(=O)(=O)N(C)C)cc2)C1. The van der Waals surface area contributed by atoms with Gasteiger partial charge < -0.3 is 5.32 Å². The molecule has 1 N–H and O–H groups in total. The van der Waals surface area contributed by atoms with Crippen molar-refractivity contribution in [3.05, 3.63) is 24.3 Å². The molecule has 8 nitrogen and oxygen atoms in total. The van der Waals surface area contributed by atoms with Crippen molar-refractivity contribution in [2.45, 2.75) is 42.9 Å². The molecule has 1 amide bonds. The normalized spacial score (nSPS) is 18.9. The molecule has 1 heterocycles. The van der Waals surface area contributed by atoms with Gasteiger partial charge in [-0.25, -0.2) is 21.1 Å². The molecule has 1 aliphatic heterocycles. The lowest BCUT2D eigenvalue weighted by Crippen LogP contribution is -2.45. The van der Waals surface area contributed by atoms with E-state index < -0.39 is 20.0 Å². The predicted octanol–water partition coefficient (Wildman–Crippen LogP) is 1.50. The van der Waals surface area contributed by atoms with Crippen molar-refractivity contribution >= 4 is 26.0 Å². The number of nitrogens with one attached hydrogen (secondary N) is 1. The van der Waals surface area contributed by atoms with Crippen LogP contribution in [0.2, 0.25) is 0 Å². The quantitative estimate of drug-likeness (QED) is 0.653. The molecule has 1 aromatic carbocycles. The van der Waals surface area contributed by atoms with Gasteiger partial charge >= 0.3 is 0 Å². The number of hydrogen-bond acceptors (Lipinski definition) is 5. The van der Waals surface area contributed by atoms with Gasteiger partial charge in [-0.3, -0.25) is 4.79 Å². The molecule has 0 spiro atoms. The maximum Gasteiger partial charge on any atom is 0.243 e. The lowest BCUT2D eigenvalue weighted by atomic mass is 9.98. The summed E-state index contributed by atoms with van der Waals surface area (Å²) in [4.78, 5) is 12.5. The van der Waals surface area contributed by atoms with E-state index in [4.69, 9.17) is 0 Å². The molecule has 1 saturated heterocycles. The van der Waals surface area contributed by atoms with E-state index in [9.17, 15) is 21.6 Å². The van der Waals surface area contributed by atoms with Gasteiger partial charge in [-0.1, -0.05) is 13.8 Å². The van der Waals surface area contributed by atoms with Crippen LogP contribution in [0.1, 0.15) is 33.1 Å². The summed E-state index contributed by atoms with van der Waals surface area (Å²) in [6, 6.07) is 5.20. The van der Waals surface area contributed by atoms with Crippen LogP contribution >= 0.6 is 0 Å². The summed E-state index contributed by atoms with van der Waals surface area (Å²) in [6.07, 6.45) is 2.14. The van der Waals surface area contributed by atoms with Gasteiger partial charge in [0.25, 0.3) is 0 Å². The Hall–Kier alpha value is -1.49. The largest absolute Gasteiger partial charge is 0.356 e. The second-order valence-corrected chi connectivity index (χ2v) is 12.0. The van der Waals surface area contributed by atoms with Gasteiger partial charge in [0.05, 0.1) is 15.7 Å². The maximum absolute atomic E-state index is 13.0. The van der Waals surface area contributed by atoms with Gasteiger partial charge in [-0.05, 0) is 49.4 Å². The second-order valence-electron chi connectivity index (χ2n) is 7.93. The van der Waals surface area contributed by atoms with Gasteiger partial charge in [0.15, 0.2) is 0 Å². The highest BCUT2D eigenvalue weighted by Crippen LogP contribution is 2.25. The Balaban J connectivity index is 2.11. The first-order valence-electron chi connectivity index (χ1n) is 9.76. The van der Waals surface area contributed by atoms with Crippen molar-refractivity contribution in [1.29, 1.82) is 0 Å². The molecule has 1 atom stereocenters. The minimum atomic E-state index is -3.80. The van der Waals surface area contributed by atoms with E-state index in [-0.39, 0.29) is 28.2 Å². The molecule has 0 unspecified atom stereocenters. The van der Waals surface area contributed by atoms with Crippen LogP contribution in [0.3, 0.4) is 0 Å². The summed E-state index contributed by atoms with van der Waals surface area (Å²) >= 11 is 0. The highest BCUT2D eigenvalue weighted by Gasteiger charge is 2.33. The van der Waals surface area contributed by atoms with Crippen LogP contribution in [0.25, 0.3) is 0 Å². The highest BCUT2D eigenvalue weighted by molar-refractivity contribution is 7.89. The van der Waals surface area contributed by atoms with Gasteiger partial charge in [-0.15, -0.1) is 0 Å². The molecule has 29 heavy (non-hydrogen) atoms. The van der Waals surface area contributed by atoms with Crippen LogP contribution in [-0.2, 0) is 24.8 Å². The van der Waals surface area contributed by atoms with Crippen LogP contribution in [0.5, 0.6) is 0 Å². The van der Waals surface area contributed by atoms with E-state index in [1.54, 1.807) is 0 Å². The summed E-state index contributed by atoms with van der Waals surface area (Å²) in [7, 11) is -4.59. The molecule has 1 aliphatic rings. The van der Waals surface area contributed by atoms with E-state index in [2.05, 4.69) is 19.2 Å². The van der Waals surface area contributed by atoms with Gasteiger partial charge in [0.1, 0.15) is 0 Å². The van der Waals surface area contributed by atoms with Crippen molar-refractivity contribution in [3.8, 4) is 0 Å². The van der Waals surface area contributed by atoms with Crippen molar-refractivity contribution in [2.24, 2.45) is 11.8 Å². The monoisotopic (exact) mass is 445 g/mol. The number of sulfonamides is 2. The Morgan fingerprint density at radius 3 is 2.28 bits per heavy atom. The number of hydrogen-bond donors (Lipinski definition) is 1. The summed E-state index contributed by atoms with van der Waals surface area (Å²) in [6.45, 7) is 5.22. The molecule has 2 rings (SSSR count). The molecule has 0 aromatic heterocycles. The Labute approximate surface area is 174 Å². The zero-order valence-electron chi connectivity index (χ0n) is 17.5. The topological polar surface area (TPSA) is 104 Å². The van der Waals surface area contributed by atoms with Crippen LogP contribution in [0.4, 0.5) is 0 Å². The van der Waals surface area contributed by atoms with E-state index >= 15 is 0 Å². The molecule has 164 valence electrons. The molecule has 1 aromatic rings. The fourth-order valence-electron chi connectivity index (χ4n) is 3.15. The van der Waals surface area contributed by atoms with Crippen LogP contribution < -0.4 is 5.32 Å². The number of carbonyl (C=O) groups is 1. The van der Waals surface area contributed by atoms with Crippen molar-refractivity contribution in [1.82, 2.24) is 13.9 Å². The molecule has 0 aliphatic carbocycles. The smallest absolute Gasteiger partial charge is 0.243 e. The summed E-state index contributed by atoms with van der Waals surface area (Å²) in [5.41, 5.74) is 0. The average molecular weight is 446 g/mol. The van der Waals surface area contributed by atoms with E-state index in [1.807, 2.05) is 0 Å². The van der Waals surface area contributed by atoms with Crippen molar-refractivity contribution in [3.63, 3.8) is 0 Å². The molecule has 1 fully saturated rings. The Kier molecular flexibility index (Phi) is 7.83. The standard InChI is InChI=1S/C19H31N3O5S2/c1-15(2)11-12-20-19(23)16-6-5-13-22(14-16)29(26,27)18-9-7-17(8-10-18)28(24,25)21(3)4/h7-10,15-16H,5-6,11-14H2,1-4H3,(H,20,23)/t16-/m0/s1. The fraction of sp³-hybridized carbons (Fsp3) is 0.632. The third-order valence-electron chi connectivity index (χ3n) is 5.02. The third-order valence-corrected chi connectivity index (χ3v) is 8.72. The first-order valence-corrected chi connectivity index (χ1v) is 12.6. The highest BCUT2D eigenvalue weighted by atomic mass is 32.2. The number of carbonyl (C=O) groups excluding carboxylic acids is 1. The maximum atomic E-state index is 13.0. The van der Waals surface area contributed by atoms with Gasteiger partial charge in [-0.2, -0.15) is 4.31 Å². The van der Waals surface area contributed by atoms with Gasteiger partial charge in [0, 0.05) is 33.7 Å². The molecule has 0 bridgehead atoms. The minimum absolute atomic E-state index is 0.0241. The van der Waals surface area contributed by atoms with Crippen LogP contribution in [0, 0.1) is 11.8 Å². The Morgan fingerprint density at radius 2 is 1.72 bits per heavy atom. The van der Waals surface area contributed by atoms with Crippen molar-refractivity contribution < 1.29 is 21.6 Å². The molecular weight excluding hydrogens is 414 g/mol. The summed E-state index contributed by atoms with van der Waals surface area (Å²) in [5, 5.41) is 2.90. The minimum Gasteiger partial charge on any atom is -0.356 e. The van der Waals surface area contributed by atoms with Crippen molar-refractivity contribution in [2.75, 3.05) is 33.7 Å². The predicted molar refractivity (Wildman–Crippen MR) is 111 cm³/mol. The number of piperidine rings is 1. The Morgan fingerprint density at radius 1 is 1.14 bits per heavy atom. The fourth-order valence-corrected chi connectivity index (χ4v) is 5.57. The first-order chi connectivity index (χ1) is 13.5. The van der Waals surface area contributed by atoms with E-state index in [0.717, 1.165) is 10.7 Å². The van der Waals surface area contributed by atoms with E-state index in [0.29, 0.717) is 31.8 Å². The summed E-state index contributed by atoms with van der Waals surface area (Å²) in [5.74, 6) is -0.00475. The molecule has 0 radical (unpaired) electrons. The lowest BCUT2D eigenvalue weighted by molar-refractivity contribution is -0.126. The average Bonchev–Trinajstić information content (AvgIpc) is 2.67.